The van der Waals surface area contributed by atoms with Crippen LogP contribution in [0.25, 0.3) is 6.08 Å². The van der Waals surface area contributed by atoms with Crippen LogP contribution in [0.4, 0.5) is 23.7 Å². The molecule has 3 amide bonds. The molecule has 33 heavy (non-hydrogen) atoms. The lowest BCUT2D eigenvalue weighted by molar-refractivity contribution is -0.137. The van der Waals surface area contributed by atoms with Gasteiger partial charge in [0.25, 0.3) is 11.1 Å². The molecule has 0 bridgehead atoms. The Morgan fingerprint density at radius 1 is 1.27 bits per heavy atom. The second-order valence-electron chi connectivity index (χ2n) is 6.68. The van der Waals surface area contributed by atoms with E-state index in [9.17, 15) is 32.7 Å². The number of benzene rings is 2. The Hall–Kier alpha value is -3.18. The lowest BCUT2D eigenvalue weighted by Crippen LogP contribution is -2.36. The van der Waals surface area contributed by atoms with Crippen LogP contribution in [0, 0.1) is 0 Å². The zero-order valence-corrected chi connectivity index (χ0v) is 18.5. The smallest absolute Gasteiger partial charge is 0.416 e. The van der Waals surface area contributed by atoms with Gasteiger partial charge in [-0.1, -0.05) is 17.7 Å². The van der Waals surface area contributed by atoms with E-state index in [1.807, 2.05) is 0 Å². The van der Waals surface area contributed by atoms with Crippen molar-refractivity contribution in [1.82, 2.24) is 4.90 Å². The highest BCUT2D eigenvalue weighted by Crippen LogP contribution is 2.38. The quantitative estimate of drug-likeness (QED) is 0.533. The molecule has 2 aromatic rings. The number of alkyl halides is 3. The molecule has 0 saturated carbocycles. The summed E-state index contributed by atoms with van der Waals surface area (Å²) in [5.74, 6) is -1.78. The largest absolute Gasteiger partial charge is 0.503 e. The van der Waals surface area contributed by atoms with Crippen molar-refractivity contribution >= 4 is 52.2 Å². The molecule has 1 aliphatic heterocycles. The Morgan fingerprint density at radius 3 is 2.67 bits per heavy atom. The van der Waals surface area contributed by atoms with E-state index in [0.29, 0.717) is 22.2 Å². The molecule has 2 aromatic carbocycles. The summed E-state index contributed by atoms with van der Waals surface area (Å²) in [6, 6.07) is 6.78. The van der Waals surface area contributed by atoms with Crippen molar-refractivity contribution < 1.29 is 37.4 Å². The fraction of sp³-hybridized carbons (Fsp3) is 0.190. The molecule has 0 aliphatic carbocycles. The molecule has 0 aromatic heterocycles. The maximum Gasteiger partial charge on any atom is 0.416 e. The molecule has 1 aliphatic rings. The van der Waals surface area contributed by atoms with E-state index in [0.717, 1.165) is 18.2 Å². The van der Waals surface area contributed by atoms with Gasteiger partial charge in [0.05, 0.1) is 22.1 Å². The van der Waals surface area contributed by atoms with Crippen molar-refractivity contribution in [2.45, 2.75) is 13.1 Å². The maximum atomic E-state index is 12.8. The molecule has 0 spiro atoms. The summed E-state index contributed by atoms with van der Waals surface area (Å²) in [7, 11) is 0. The number of anilines is 1. The summed E-state index contributed by atoms with van der Waals surface area (Å²) < 4.78 is 43.7. The number of nitrogens with one attached hydrogen (secondary N) is 1. The molecule has 0 atom stereocenters. The van der Waals surface area contributed by atoms with Gasteiger partial charge in [-0.05, 0) is 60.7 Å². The average Bonchev–Trinajstić information content (AvgIpc) is 2.98. The number of hydrogen-bond donors (Lipinski definition) is 2. The first-order valence-corrected chi connectivity index (χ1v) is 10.6. The third-order valence-electron chi connectivity index (χ3n) is 4.30. The molecule has 3 rings (SSSR count). The number of phenolic OH excluding ortho intramolecular Hbond substituents is 1. The van der Waals surface area contributed by atoms with Crippen LogP contribution in [0.1, 0.15) is 18.1 Å². The Bertz CT molecular complexity index is 1150. The maximum absolute atomic E-state index is 12.8. The Morgan fingerprint density at radius 2 is 2.00 bits per heavy atom. The standard InChI is InChI=1S/C21H16ClF3N2O5S/c1-2-32-15-7-11(6-14(22)18(15)29)8-16-19(30)27(20(31)33-16)10-17(28)26-13-5-3-4-12(9-13)21(23,24)25/h3-9,29H,2,10H2,1H3,(H,26,28)/b16-8-. The number of carbonyl (C=O) groups is 3. The molecule has 2 N–H and O–H groups in total. The summed E-state index contributed by atoms with van der Waals surface area (Å²) in [5.41, 5.74) is -0.701. The van der Waals surface area contributed by atoms with Gasteiger partial charge >= 0.3 is 6.18 Å². The van der Waals surface area contributed by atoms with Crippen molar-refractivity contribution in [1.29, 1.82) is 0 Å². The molecular formula is C21H16ClF3N2O5S. The highest BCUT2D eigenvalue weighted by molar-refractivity contribution is 8.18. The Balaban J connectivity index is 1.74. The minimum absolute atomic E-state index is 0.00364. The van der Waals surface area contributed by atoms with Crippen LogP contribution in [-0.4, -0.2) is 40.2 Å². The van der Waals surface area contributed by atoms with E-state index in [-0.39, 0.29) is 33.7 Å². The van der Waals surface area contributed by atoms with E-state index in [2.05, 4.69) is 5.32 Å². The first kappa shape index (κ1) is 24.5. The Labute approximate surface area is 195 Å². The lowest BCUT2D eigenvalue weighted by atomic mass is 10.2. The number of rotatable bonds is 6. The van der Waals surface area contributed by atoms with Crippen LogP contribution in [0.15, 0.2) is 41.3 Å². The SMILES string of the molecule is CCOc1cc(/C=C2\SC(=O)N(CC(=O)Nc3cccc(C(F)(F)F)c3)C2=O)cc(Cl)c1O. The van der Waals surface area contributed by atoms with E-state index in [4.69, 9.17) is 16.3 Å². The van der Waals surface area contributed by atoms with Gasteiger partial charge in [0, 0.05) is 5.69 Å². The van der Waals surface area contributed by atoms with Gasteiger partial charge in [0.2, 0.25) is 5.91 Å². The van der Waals surface area contributed by atoms with Gasteiger partial charge < -0.3 is 15.2 Å². The number of nitrogens with zero attached hydrogens (tertiary/aromatic N) is 1. The molecule has 1 heterocycles. The summed E-state index contributed by atoms with van der Waals surface area (Å²) in [6.45, 7) is 1.28. The van der Waals surface area contributed by atoms with Crippen molar-refractivity contribution in [3.8, 4) is 11.5 Å². The van der Waals surface area contributed by atoms with Crippen LogP contribution in [0.2, 0.25) is 5.02 Å². The van der Waals surface area contributed by atoms with Crippen LogP contribution in [0.5, 0.6) is 11.5 Å². The van der Waals surface area contributed by atoms with Crippen molar-refractivity contribution in [2.24, 2.45) is 0 Å². The number of thioether (sulfide) groups is 1. The number of imide groups is 1. The third-order valence-corrected chi connectivity index (χ3v) is 5.49. The predicted octanol–water partition coefficient (Wildman–Crippen LogP) is 5.14. The van der Waals surface area contributed by atoms with E-state index < -0.39 is 35.3 Å². The second kappa shape index (κ2) is 9.75. The first-order valence-electron chi connectivity index (χ1n) is 9.37. The number of aromatic hydroxyl groups is 1. The van der Waals surface area contributed by atoms with Crippen molar-refractivity contribution in [3.05, 3.63) is 57.5 Å². The number of halogens is 4. The predicted molar refractivity (Wildman–Crippen MR) is 117 cm³/mol. The fourth-order valence-corrected chi connectivity index (χ4v) is 3.91. The second-order valence-corrected chi connectivity index (χ2v) is 8.08. The molecule has 174 valence electrons. The van der Waals surface area contributed by atoms with E-state index >= 15 is 0 Å². The van der Waals surface area contributed by atoms with Gasteiger partial charge in [-0.15, -0.1) is 0 Å². The van der Waals surface area contributed by atoms with Gasteiger partial charge in [-0.2, -0.15) is 13.2 Å². The third kappa shape index (κ3) is 5.79. The minimum Gasteiger partial charge on any atom is -0.503 e. The monoisotopic (exact) mass is 500 g/mol. The van der Waals surface area contributed by atoms with E-state index in [1.165, 1.54) is 24.3 Å². The molecule has 1 fully saturated rings. The topological polar surface area (TPSA) is 95.9 Å². The summed E-state index contributed by atoms with van der Waals surface area (Å²) in [4.78, 5) is 37.8. The van der Waals surface area contributed by atoms with E-state index in [1.54, 1.807) is 6.92 Å². The van der Waals surface area contributed by atoms with Crippen LogP contribution in [-0.2, 0) is 15.8 Å². The van der Waals surface area contributed by atoms with Crippen LogP contribution >= 0.6 is 23.4 Å². The number of amides is 3. The molecule has 1 saturated heterocycles. The molecule has 0 unspecified atom stereocenters. The number of ether oxygens (including phenoxy) is 1. The molecule has 12 heteroatoms. The first-order chi connectivity index (χ1) is 15.5. The zero-order valence-electron chi connectivity index (χ0n) is 16.9. The fourth-order valence-electron chi connectivity index (χ4n) is 2.85. The van der Waals surface area contributed by atoms with Crippen molar-refractivity contribution in [3.63, 3.8) is 0 Å². The summed E-state index contributed by atoms with van der Waals surface area (Å²) in [6.07, 6.45) is -3.24. The average molecular weight is 501 g/mol. The molecule has 7 nitrogen and oxygen atoms in total. The van der Waals surface area contributed by atoms with Gasteiger partial charge in [0.15, 0.2) is 11.5 Å². The van der Waals surface area contributed by atoms with Crippen LogP contribution in [0.3, 0.4) is 0 Å². The summed E-state index contributed by atoms with van der Waals surface area (Å²) >= 11 is 6.55. The normalized spacial score (nSPS) is 15.3. The number of hydrogen-bond acceptors (Lipinski definition) is 6. The zero-order chi connectivity index (χ0) is 24.3. The highest BCUT2D eigenvalue weighted by Gasteiger charge is 2.36. The van der Waals surface area contributed by atoms with Crippen LogP contribution < -0.4 is 10.1 Å². The van der Waals surface area contributed by atoms with Gasteiger partial charge in [-0.25, -0.2) is 0 Å². The molecule has 0 radical (unpaired) electrons. The molecular weight excluding hydrogens is 485 g/mol. The number of carbonyl (C=O) groups excluding carboxylic acids is 3. The highest BCUT2D eigenvalue weighted by atomic mass is 35.5. The summed E-state index contributed by atoms with van der Waals surface area (Å²) in [5, 5.41) is 11.4. The van der Waals surface area contributed by atoms with Gasteiger partial charge in [-0.3, -0.25) is 19.3 Å². The number of phenols is 1. The van der Waals surface area contributed by atoms with Gasteiger partial charge in [0.1, 0.15) is 6.54 Å². The Kier molecular flexibility index (Phi) is 7.23. The van der Waals surface area contributed by atoms with Crippen molar-refractivity contribution in [2.75, 3.05) is 18.5 Å². The minimum atomic E-state index is -4.59. The lowest BCUT2D eigenvalue weighted by Gasteiger charge is -2.13.